The molecule has 0 fully saturated rings. The number of guanidine groups is 1. The van der Waals surface area contributed by atoms with Gasteiger partial charge in [-0.05, 0) is 56.2 Å². The van der Waals surface area contributed by atoms with E-state index in [9.17, 15) is 18.0 Å². The second kappa shape index (κ2) is 6.65. The Morgan fingerprint density at radius 3 is 2.36 bits per heavy atom. The molecule has 2 aromatic rings. The molecule has 1 atom stereocenters. The third-order valence-electron chi connectivity index (χ3n) is 5.70. The van der Waals surface area contributed by atoms with Crippen LogP contribution in [0.3, 0.4) is 0 Å². The Morgan fingerprint density at radius 1 is 1.04 bits per heavy atom. The third-order valence-corrected chi connectivity index (χ3v) is 5.70. The molecule has 0 bridgehead atoms. The molecule has 1 amide bonds. The number of amides is 1. The fourth-order valence-electron chi connectivity index (χ4n) is 3.53. The smallest absolute Gasteiger partial charge is 0.237 e. The SMILES string of the molecule is CN1C(=O)C(C)(C)[C@@](C)(c2cc(Cc3cc(F)ccc3F)ccc2F)N=C1N. The Labute approximate surface area is 161 Å². The number of hydrogen-bond donors (Lipinski definition) is 1. The summed E-state index contributed by atoms with van der Waals surface area (Å²) in [6, 6.07) is 7.50. The van der Waals surface area contributed by atoms with E-state index >= 15 is 0 Å². The first-order valence-corrected chi connectivity index (χ1v) is 8.83. The van der Waals surface area contributed by atoms with Crippen LogP contribution >= 0.6 is 0 Å². The van der Waals surface area contributed by atoms with Crippen LogP contribution in [-0.4, -0.2) is 23.8 Å². The van der Waals surface area contributed by atoms with Crippen molar-refractivity contribution < 1.29 is 18.0 Å². The molecule has 4 nitrogen and oxygen atoms in total. The molecule has 28 heavy (non-hydrogen) atoms. The molecule has 0 spiro atoms. The Bertz CT molecular complexity index is 987. The maximum Gasteiger partial charge on any atom is 0.237 e. The number of aliphatic imine (C=N–C) groups is 1. The van der Waals surface area contributed by atoms with Gasteiger partial charge in [0.15, 0.2) is 5.96 Å². The van der Waals surface area contributed by atoms with E-state index in [4.69, 9.17) is 5.73 Å². The van der Waals surface area contributed by atoms with Crippen LogP contribution in [0.5, 0.6) is 0 Å². The van der Waals surface area contributed by atoms with Crippen molar-refractivity contribution in [3.63, 3.8) is 0 Å². The van der Waals surface area contributed by atoms with Crippen molar-refractivity contribution in [2.75, 3.05) is 7.05 Å². The van der Waals surface area contributed by atoms with Crippen molar-refractivity contribution in [2.24, 2.45) is 16.1 Å². The highest BCUT2D eigenvalue weighted by Gasteiger charge is 2.53. The lowest BCUT2D eigenvalue weighted by atomic mass is 9.67. The Kier molecular flexibility index (Phi) is 4.73. The van der Waals surface area contributed by atoms with Crippen LogP contribution in [0, 0.1) is 22.9 Å². The van der Waals surface area contributed by atoms with Crippen LogP contribution in [0.1, 0.15) is 37.5 Å². The van der Waals surface area contributed by atoms with Crippen LogP contribution in [0.15, 0.2) is 41.4 Å². The normalized spacial score (nSPS) is 21.6. The molecular weight excluding hydrogens is 367 g/mol. The van der Waals surface area contributed by atoms with Gasteiger partial charge >= 0.3 is 0 Å². The molecule has 0 aromatic heterocycles. The van der Waals surface area contributed by atoms with E-state index in [1.807, 2.05) is 0 Å². The maximum atomic E-state index is 14.8. The standard InChI is InChI=1S/C21H22F3N3O/c1-20(2)18(28)27(4)19(25)26-21(20,3)15-10-12(5-7-17(15)24)9-13-11-14(22)6-8-16(13)23/h5-8,10-11H,9H2,1-4H3,(H2,25,26)/t21-/m1/s1. The number of halogens is 3. The Balaban J connectivity index is 2.11. The van der Waals surface area contributed by atoms with Gasteiger partial charge in [-0.15, -0.1) is 0 Å². The van der Waals surface area contributed by atoms with Crippen molar-refractivity contribution in [3.8, 4) is 0 Å². The molecule has 0 unspecified atom stereocenters. The fraction of sp³-hybridized carbons (Fsp3) is 0.333. The van der Waals surface area contributed by atoms with Gasteiger partial charge in [-0.1, -0.05) is 12.1 Å². The lowest BCUT2D eigenvalue weighted by Gasteiger charge is -2.46. The van der Waals surface area contributed by atoms with Gasteiger partial charge in [0.1, 0.15) is 23.0 Å². The van der Waals surface area contributed by atoms with Gasteiger partial charge in [0.05, 0.1) is 5.41 Å². The highest BCUT2D eigenvalue weighted by atomic mass is 19.1. The first kappa shape index (κ1) is 19.9. The fourth-order valence-corrected chi connectivity index (χ4v) is 3.53. The van der Waals surface area contributed by atoms with E-state index < -0.39 is 28.4 Å². The highest BCUT2D eigenvalue weighted by molar-refractivity contribution is 6.01. The first-order valence-electron chi connectivity index (χ1n) is 8.83. The number of rotatable bonds is 3. The number of carbonyl (C=O) groups excluding carboxylic acids is 1. The minimum atomic E-state index is -1.26. The second-order valence-corrected chi connectivity index (χ2v) is 7.76. The molecule has 3 rings (SSSR count). The van der Waals surface area contributed by atoms with Crippen molar-refractivity contribution in [3.05, 3.63) is 70.5 Å². The average Bonchev–Trinajstić information content (AvgIpc) is 2.63. The van der Waals surface area contributed by atoms with Gasteiger partial charge < -0.3 is 5.73 Å². The molecule has 7 heteroatoms. The summed E-state index contributed by atoms with van der Waals surface area (Å²) < 4.78 is 42.3. The number of carbonyl (C=O) groups is 1. The predicted molar refractivity (Wildman–Crippen MR) is 101 cm³/mol. The molecule has 0 saturated heterocycles. The second-order valence-electron chi connectivity index (χ2n) is 7.76. The van der Waals surface area contributed by atoms with E-state index in [0.29, 0.717) is 5.56 Å². The van der Waals surface area contributed by atoms with Gasteiger partial charge in [0.2, 0.25) is 5.91 Å². The zero-order chi connectivity index (χ0) is 20.9. The molecule has 1 aliphatic heterocycles. The van der Waals surface area contributed by atoms with Gasteiger partial charge in [0.25, 0.3) is 0 Å². The van der Waals surface area contributed by atoms with Crippen LogP contribution in [0.2, 0.25) is 0 Å². The quantitative estimate of drug-likeness (QED) is 0.870. The molecule has 2 N–H and O–H groups in total. The number of benzene rings is 2. The predicted octanol–water partition coefficient (Wildman–Crippen LogP) is 3.72. The van der Waals surface area contributed by atoms with Crippen LogP contribution in [-0.2, 0) is 16.8 Å². The largest absolute Gasteiger partial charge is 0.369 e. The highest BCUT2D eigenvalue weighted by Crippen LogP contribution is 2.47. The van der Waals surface area contributed by atoms with Gasteiger partial charge in [0, 0.05) is 19.0 Å². The number of nitrogens with two attached hydrogens (primary N) is 1. The zero-order valence-electron chi connectivity index (χ0n) is 16.2. The summed E-state index contributed by atoms with van der Waals surface area (Å²) in [7, 11) is 1.52. The summed E-state index contributed by atoms with van der Waals surface area (Å²) in [4.78, 5) is 18.4. The summed E-state index contributed by atoms with van der Waals surface area (Å²) in [5.74, 6) is -1.94. The third kappa shape index (κ3) is 3.04. The molecule has 0 saturated carbocycles. The zero-order valence-corrected chi connectivity index (χ0v) is 16.2. The van der Waals surface area contributed by atoms with Crippen molar-refractivity contribution in [2.45, 2.75) is 32.7 Å². The summed E-state index contributed by atoms with van der Waals surface area (Å²) >= 11 is 0. The summed E-state index contributed by atoms with van der Waals surface area (Å²) in [5, 5.41) is 0. The molecule has 1 aliphatic rings. The van der Waals surface area contributed by atoms with Gasteiger partial charge in [-0.3, -0.25) is 9.69 Å². The van der Waals surface area contributed by atoms with E-state index in [-0.39, 0.29) is 29.4 Å². The van der Waals surface area contributed by atoms with Gasteiger partial charge in [-0.2, -0.15) is 0 Å². The van der Waals surface area contributed by atoms with Crippen molar-refractivity contribution >= 4 is 11.9 Å². The van der Waals surface area contributed by atoms with Gasteiger partial charge in [-0.25, -0.2) is 18.2 Å². The monoisotopic (exact) mass is 389 g/mol. The Morgan fingerprint density at radius 2 is 1.68 bits per heavy atom. The van der Waals surface area contributed by atoms with Crippen molar-refractivity contribution in [1.29, 1.82) is 0 Å². The van der Waals surface area contributed by atoms with E-state index in [1.54, 1.807) is 20.8 Å². The average molecular weight is 389 g/mol. The maximum absolute atomic E-state index is 14.8. The minimum Gasteiger partial charge on any atom is -0.369 e. The molecule has 0 radical (unpaired) electrons. The number of nitrogens with zero attached hydrogens (tertiary/aromatic N) is 2. The van der Waals surface area contributed by atoms with Crippen LogP contribution in [0.4, 0.5) is 13.2 Å². The summed E-state index contributed by atoms with van der Waals surface area (Å²) in [5.41, 5.74) is 4.46. The summed E-state index contributed by atoms with van der Waals surface area (Å²) in [6.07, 6.45) is 0.0699. The molecule has 0 aliphatic carbocycles. The van der Waals surface area contributed by atoms with Crippen LogP contribution < -0.4 is 5.73 Å². The topological polar surface area (TPSA) is 58.7 Å². The molecule has 2 aromatic carbocycles. The lowest BCUT2D eigenvalue weighted by molar-refractivity contribution is -0.140. The van der Waals surface area contributed by atoms with E-state index in [0.717, 1.165) is 18.2 Å². The minimum absolute atomic E-state index is 0.00666. The molecule has 1 heterocycles. The number of hydrogen-bond acceptors (Lipinski definition) is 3. The lowest BCUT2D eigenvalue weighted by Crippen LogP contribution is -2.58. The van der Waals surface area contributed by atoms with E-state index in [1.165, 1.54) is 30.1 Å². The molecular formula is C21H22F3N3O. The van der Waals surface area contributed by atoms with E-state index in [2.05, 4.69) is 4.99 Å². The summed E-state index contributed by atoms with van der Waals surface area (Å²) in [6.45, 7) is 5.01. The Hall–Kier alpha value is -2.83. The van der Waals surface area contributed by atoms with Crippen molar-refractivity contribution in [1.82, 2.24) is 4.90 Å². The van der Waals surface area contributed by atoms with Crippen LogP contribution in [0.25, 0.3) is 0 Å². The molecule has 148 valence electrons. The first-order chi connectivity index (χ1) is 13.0.